The van der Waals surface area contributed by atoms with Crippen molar-refractivity contribution < 1.29 is 14.3 Å². The first-order valence-corrected chi connectivity index (χ1v) is 13.6. The van der Waals surface area contributed by atoms with E-state index in [1.54, 1.807) is 24.3 Å². The fraction of sp³-hybridized carbons (Fsp3) is 0.281. The van der Waals surface area contributed by atoms with Gasteiger partial charge in [-0.15, -0.1) is 0 Å². The molecule has 0 bridgehead atoms. The Hall–Kier alpha value is -4.23. The number of anilines is 2. The van der Waals surface area contributed by atoms with Crippen LogP contribution in [0, 0.1) is 0 Å². The smallest absolute Gasteiger partial charge is 0.338 e. The zero-order valence-corrected chi connectivity index (χ0v) is 22.2. The Morgan fingerprint density at radius 3 is 2.54 bits per heavy atom. The van der Waals surface area contributed by atoms with Gasteiger partial charge in [0.05, 0.1) is 12.2 Å². The Labute approximate surface area is 229 Å². The van der Waals surface area contributed by atoms with Crippen LogP contribution < -0.4 is 10.6 Å². The van der Waals surface area contributed by atoms with Gasteiger partial charge in [-0.05, 0) is 73.4 Å². The van der Waals surface area contributed by atoms with Crippen molar-refractivity contribution in [3.05, 3.63) is 102 Å². The van der Waals surface area contributed by atoms with Gasteiger partial charge in [-0.1, -0.05) is 31.2 Å². The number of fused-ring (bicyclic) bond motifs is 1. The zero-order valence-electron chi connectivity index (χ0n) is 22.2. The first-order valence-electron chi connectivity index (χ1n) is 13.6. The maximum atomic E-state index is 12.8. The van der Waals surface area contributed by atoms with Gasteiger partial charge in [-0.25, -0.2) is 4.79 Å². The third-order valence-electron chi connectivity index (χ3n) is 7.04. The van der Waals surface area contributed by atoms with Gasteiger partial charge in [0.2, 0.25) is 0 Å². The van der Waals surface area contributed by atoms with E-state index in [1.807, 2.05) is 37.5 Å². The second-order valence-electron chi connectivity index (χ2n) is 9.96. The molecule has 0 aliphatic carbocycles. The van der Waals surface area contributed by atoms with E-state index in [-0.39, 0.29) is 11.9 Å². The predicted octanol–water partition coefficient (Wildman–Crippen LogP) is 6.13. The largest absolute Gasteiger partial charge is 0.462 e. The average Bonchev–Trinajstić information content (AvgIpc) is 2.97. The highest BCUT2D eigenvalue weighted by Gasteiger charge is 2.20. The van der Waals surface area contributed by atoms with Crippen molar-refractivity contribution >= 4 is 34.0 Å². The molecular formula is C32H34N4O3. The fourth-order valence-electron chi connectivity index (χ4n) is 4.95. The number of rotatable bonds is 9. The van der Waals surface area contributed by atoms with Gasteiger partial charge in [0.1, 0.15) is 0 Å². The van der Waals surface area contributed by atoms with Gasteiger partial charge in [-0.2, -0.15) is 0 Å². The van der Waals surface area contributed by atoms with Crippen LogP contribution in [0.3, 0.4) is 0 Å². The minimum atomic E-state index is -0.373. The molecular weight excluding hydrogens is 488 g/mol. The minimum absolute atomic E-state index is 0.211. The van der Waals surface area contributed by atoms with Crippen LogP contribution >= 0.6 is 0 Å². The fourth-order valence-corrected chi connectivity index (χ4v) is 4.95. The highest BCUT2D eigenvalue weighted by atomic mass is 16.5. The minimum Gasteiger partial charge on any atom is -0.462 e. The number of hydrogen-bond donors (Lipinski definition) is 2. The molecule has 1 aromatic heterocycles. The van der Waals surface area contributed by atoms with Crippen LogP contribution in [-0.2, 0) is 11.3 Å². The molecule has 1 saturated heterocycles. The van der Waals surface area contributed by atoms with E-state index >= 15 is 0 Å². The van der Waals surface area contributed by atoms with Crippen LogP contribution in [0.2, 0.25) is 0 Å². The number of nitrogens with one attached hydrogen (secondary N) is 2. The third-order valence-corrected chi connectivity index (χ3v) is 7.04. The van der Waals surface area contributed by atoms with Crippen molar-refractivity contribution in [3.8, 4) is 0 Å². The van der Waals surface area contributed by atoms with Crippen LogP contribution in [0.5, 0.6) is 0 Å². The molecule has 2 N–H and O–H groups in total. The van der Waals surface area contributed by atoms with Crippen molar-refractivity contribution in [2.24, 2.45) is 0 Å². The Morgan fingerprint density at radius 2 is 1.74 bits per heavy atom. The maximum absolute atomic E-state index is 12.8. The molecule has 1 fully saturated rings. The average molecular weight is 523 g/mol. The normalized spacial score (nSPS) is 14.2. The number of hydrogen-bond acceptors (Lipinski definition) is 6. The van der Waals surface area contributed by atoms with Crippen LogP contribution in [0.15, 0.2) is 85.2 Å². The summed E-state index contributed by atoms with van der Waals surface area (Å²) in [6.07, 6.45) is 6.66. The Balaban J connectivity index is 1.13. The van der Waals surface area contributed by atoms with Gasteiger partial charge >= 0.3 is 5.97 Å². The molecule has 39 heavy (non-hydrogen) atoms. The predicted molar refractivity (Wildman–Crippen MR) is 155 cm³/mol. The van der Waals surface area contributed by atoms with E-state index in [0.717, 1.165) is 55.5 Å². The van der Waals surface area contributed by atoms with Gasteiger partial charge < -0.3 is 15.4 Å². The number of esters is 1. The van der Waals surface area contributed by atoms with Crippen LogP contribution in [0.1, 0.15) is 52.5 Å². The molecule has 200 valence electrons. The Bertz CT molecular complexity index is 1420. The second kappa shape index (κ2) is 12.5. The van der Waals surface area contributed by atoms with Crippen LogP contribution in [0.25, 0.3) is 10.8 Å². The number of carbonyl (C=O) groups is 2. The Morgan fingerprint density at radius 1 is 0.974 bits per heavy atom. The quantitative estimate of drug-likeness (QED) is 0.257. The number of carbonyl (C=O) groups excluding carboxylic acids is 2. The summed E-state index contributed by atoms with van der Waals surface area (Å²) in [4.78, 5) is 31.5. The van der Waals surface area contributed by atoms with Crippen molar-refractivity contribution in [2.75, 3.05) is 30.3 Å². The molecule has 2 heterocycles. The third kappa shape index (κ3) is 6.81. The summed E-state index contributed by atoms with van der Waals surface area (Å²) in [5, 5.41) is 9.08. The second-order valence-corrected chi connectivity index (χ2v) is 9.96. The lowest BCUT2D eigenvalue weighted by atomic mass is 10.0. The first kappa shape index (κ1) is 26.4. The van der Waals surface area contributed by atoms with Crippen molar-refractivity contribution in [2.45, 2.75) is 38.8 Å². The molecule has 1 amide bonds. The summed E-state index contributed by atoms with van der Waals surface area (Å²) in [5.74, 6) is -0.584. The first-order chi connectivity index (χ1) is 19.1. The highest BCUT2D eigenvalue weighted by Crippen LogP contribution is 2.25. The van der Waals surface area contributed by atoms with Crippen LogP contribution in [-0.4, -0.2) is 47.5 Å². The molecule has 5 rings (SSSR count). The lowest BCUT2D eigenvalue weighted by Gasteiger charge is -2.33. The van der Waals surface area contributed by atoms with E-state index in [2.05, 4.69) is 50.8 Å². The van der Waals surface area contributed by atoms with Crippen LogP contribution in [0.4, 0.5) is 11.4 Å². The van der Waals surface area contributed by atoms with Gasteiger partial charge in [0, 0.05) is 65.8 Å². The van der Waals surface area contributed by atoms with E-state index in [1.165, 1.54) is 11.1 Å². The van der Waals surface area contributed by atoms with Gasteiger partial charge in [0.15, 0.2) is 0 Å². The van der Waals surface area contributed by atoms with E-state index in [0.29, 0.717) is 23.8 Å². The number of ether oxygens (including phenoxy) is 1. The topological polar surface area (TPSA) is 83.6 Å². The van der Waals surface area contributed by atoms with Gasteiger partial charge in [0.25, 0.3) is 5.91 Å². The summed E-state index contributed by atoms with van der Waals surface area (Å²) >= 11 is 0. The SMILES string of the molecule is CCCOC(=O)c1ccc(C(=O)Nc2cccc(CN3CCC(Nc4cccc5cnccc45)CC3)c2)cc1. The number of nitrogens with zero attached hydrogens (tertiary/aromatic N) is 2. The number of pyridine rings is 1. The van der Waals surface area contributed by atoms with Crippen molar-refractivity contribution in [1.29, 1.82) is 0 Å². The lowest BCUT2D eigenvalue weighted by Crippen LogP contribution is -2.38. The summed E-state index contributed by atoms with van der Waals surface area (Å²) in [6, 6.07) is 23.4. The maximum Gasteiger partial charge on any atom is 0.338 e. The molecule has 7 heteroatoms. The molecule has 0 atom stereocenters. The number of benzene rings is 3. The molecule has 1 aliphatic heterocycles. The monoisotopic (exact) mass is 522 g/mol. The van der Waals surface area contributed by atoms with E-state index < -0.39 is 0 Å². The van der Waals surface area contributed by atoms with Crippen molar-refractivity contribution in [1.82, 2.24) is 9.88 Å². The number of amides is 1. The molecule has 3 aromatic carbocycles. The van der Waals surface area contributed by atoms with E-state index in [4.69, 9.17) is 4.74 Å². The lowest BCUT2D eigenvalue weighted by molar-refractivity contribution is 0.0505. The summed E-state index contributed by atoms with van der Waals surface area (Å²) < 4.78 is 5.15. The number of aromatic nitrogens is 1. The highest BCUT2D eigenvalue weighted by molar-refractivity contribution is 6.04. The number of piperidine rings is 1. The van der Waals surface area contributed by atoms with E-state index in [9.17, 15) is 9.59 Å². The standard InChI is InChI=1S/C32H34N4O3/c1-2-19-39-32(38)25-11-9-24(10-12-25)31(37)35-28-7-3-5-23(20-28)22-36-17-14-27(15-18-36)34-30-8-4-6-26-21-33-16-13-29(26)30/h3-13,16,20-21,27,34H,2,14-15,17-19,22H2,1H3,(H,35,37). The molecule has 0 radical (unpaired) electrons. The molecule has 7 nitrogen and oxygen atoms in total. The molecule has 4 aromatic rings. The summed E-state index contributed by atoms with van der Waals surface area (Å²) in [7, 11) is 0. The molecule has 0 saturated carbocycles. The summed E-state index contributed by atoms with van der Waals surface area (Å²) in [5.41, 5.74) is 4.02. The Kier molecular flexibility index (Phi) is 8.48. The molecule has 0 unspecified atom stereocenters. The zero-order chi connectivity index (χ0) is 27.0. The van der Waals surface area contributed by atoms with Crippen molar-refractivity contribution in [3.63, 3.8) is 0 Å². The molecule has 1 aliphatic rings. The number of likely N-dealkylation sites (tertiary alicyclic amines) is 1. The van der Waals surface area contributed by atoms with Gasteiger partial charge in [-0.3, -0.25) is 14.7 Å². The summed E-state index contributed by atoms with van der Waals surface area (Å²) in [6.45, 7) is 5.18. The molecule has 0 spiro atoms.